The van der Waals surface area contributed by atoms with Crippen LogP contribution in [0.3, 0.4) is 0 Å². The van der Waals surface area contributed by atoms with Crippen LogP contribution >= 0.6 is 0 Å². The van der Waals surface area contributed by atoms with Gasteiger partial charge in [0.15, 0.2) is 5.76 Å². The van der Waals surface area contributed by atoms with E-state index in [0.717, 1.165) is 35.0 Å². The van der Waals surface area contributed by atoms with Gasteiger partial charge in [-0.1, -0.05) is 48.5 Å². The smallest absolute Gasteiger partial charge is 0.289 e. The molecular weight excluding hydrogens is 388 g/mol. The third-order valence-corrected chi connectivity index (χ3v) is 5.95. The highest BCUT2D eigenvalue weighted by Crippen LogP contribution is 2.38. The molecule has 0 saturated heterocycles. The van der Waals surface area contributed by atoms with E-state index in [1.54, 1.807) is 12.5 Å². The predicted molar refractivity (Wildman–Crippen MR) is 120 cm³/mol. The fourth-order valence-electron chi connectivity index (χ4n) is 4.46. The summed E-state index contributed by atoms with van der Waals surface area (Å²) in [4.78, 5) is 22.3. The van der Waals surface area contributed by atoms with Crippen LogP contribution in [0, 0.1) is 0 Å². The Balaban J connectivity index is 1.49. The van der Waals surface area contributed by atoms with Crippen LogP contribution in [0.1, 0.15) is 17.5 Å². The van der Waals surface area contributed by atoms with Gasteiger partial charge in [0.1, 0.15) is 0 Å². The molecule has 1 aliphatic rings. The Hall–Kier alpha value is -3.80. The van der Waals surface area contributed by atoms with Crippen molar-refractivity contribution >= 4 is 22.4 Å². The molecule has 2 aromatic heterocycles. The number of rotatable bonds is 7. The summed E-state index contributed by atoms with van der Waals surface area (Å²) in [7, 11) is 0. The summed E-state index contributed by atoms with van der Waals surface area (Å²) in [5.41, 5.74) is 3.71. The number of carbonyl (C=O) groups excluding carboxylic acids is 1. The van der Waals surface area contributed by atoms with E-state index < -0.39 is 0 Å². The molecule has 0 fully saturated rings. The Kier molecular flexibility index (Phi) is 5.04. The molecule has 5 rings (SSSR count). The van der Waals surface area contributed by atoms with Crippen molar-refractivity contribution < 1.29 is 9.90 Å². The van der Waals surface area contributed by atoms with Gasteiger partial charge in [-0.25, -0.2) is 4.98 Å². The first kappa shape index (κ1) is 19.2. The van der Waals surface area contributed by atoms with Crippen LogP contribution in [0.25, 0.3) is 16.5 Å². The molecule has 1 atom stereocenters. The number of aromatic nitrogens is 3. The molecule has 1 amide bonds. The number of benzene rings is 2. The Bertz CT molecular complexity index is 1220. The van der Waals surface area contributed by atoms with E-state index in [4.69, 9.17) is 0 Å². The molecule has 6 nitrogen and oxygen atoms in total. The number of aliphatic hydroxyl groups excluding tert-OH is 1. The summed E-state index contributed by atoms with van der Waals surface area (Å²) in [6.07, 6.45) is 8.78. The van der Waals surface area contributed by atoms with E-state index in [1.165, 1.54) is 0 Å². The SMILES string of the molecule is O=C1C(O)=C(c2c[nH]c3ccccc23)C(Cc2ccccc2)N1CCCn1ccnc1. The zero-order valence-electron chi connectivity index (χ0n) is 17.1. The number of imidazole rings is 1. The topological polar surface area (TPSA) is 74.2 Å². The summed E-state index contributed by atoms with van der Waals surface area (Å²) in [6, 6.07) is 17.9. The van der Waals surface area contributed by atoms with E-state index in [9.17, 15) is 9.90 Å². The first-order valence-electron chi connectivity index (χ1n) is 10.5. The lowest BCUT2D eigenvalue weighted by atomic mass is 9.93. The molecular formula is C25H24N4O2. The number of aryl methyl sites for hydroxylation is 1. The maximum atomic E-state index is 13.1. The Labute approximate surface area is 180 Å². The zero-order chi connectivity index (χ0) is 21.2. The second-order valence-electron chi connectivity index (χ2n) is 7.87. The van der Waals surface area contributed by atoms with Gasteiger partial charge in [0.05, 0.1) is 12.4 Å². The lowest BCUT2D eigenvalue weighted by Gasteiger charge is -2.27. The molecule has 4 aromatic rings. The summed E-state index contributed by atoms with van der Waals surface area (Å²) < 4.78 is 2.00. The highest BCUT2D eigenvalue weighted by molar-refractivity contribution is 6.08. The summed E-state index contributed by atoms with van der Waals surface area (Å²) >= 11 is 0. The number of para-hydroxylation sites is 1. The number of hydrogen-bond donors (Lipinski definition) is 2. The van der Waals surface area contributed by atoms with Crippen LogP contribution < -0.4 is 0 Å². The van der Waals surface area contributed by atoms with Gasteiger partial charge in [0, 0.05) is 53.7 Å². The van der Waals surface area contributed by atoms with Gasteiger partial charge in [-0.05, 0) is 24.5 Å². The van der Waals surface area contributed by atoms with Crippen LogP contribution in [0.5, 0.6) is 0 Å². The van der Waals surface area contributed by atoms with Crippen LogP contribution in [0.2, 0.25) is 0 Å². The number of fused-ring (bicyclic) bond motifs is 1. The van der Waals surface area contributed by atoms with Crippen molar-refractivity contribution in [2.24, 2.45) is 0 Å². The number of amides is 1. The van der Waals surface area contributed by atoms with Gasteiger partial charge in [-0.2, -0.15) is 0 Å². The maximum absolute atomic E-state index is 13.1. The van der Waals surface area contributed by atoms with Crippen molar-refractivity contribution in [2.45, 2.75) is 25.4 Å². The van der Waals surface area contributed by atoms with Crippen molar-refractivity contribution in [2.75, 3.05) is 6.54 Å². The molecule has 2 aromatic carbocycles. The number of carbonyl (C=O) groups is 1. The van der Waals surface area contributed by atoms with E-state index >= 15 is 0 Å². The average molecular weight is 412 g/mol. The van der Waals surface area contributed by atoms with Crippen LogP contribution in [-0.4, -0.2) is 43.0 Å². The first-order chi connectivity index (χ1) is 15.2. The largest absolute Gasteiger partial charge is 0.503 e. The number of aromatic amines is 1. The van der Waals surface area contributed by atoms with Crippen molar-refractivity contribution in [3.8, 4) is 0 Å². The second kappa shape index (κ2) is 8.14. The standard InChI is InChI=1S/C25H24N4O2/c30-24-23(20-16-27-21-10-5-4-9-19(20)21)22(15-18-7-2-1-3-8-18)29(25(24)31)13-6-12-28-14-11-26-17-28/h1-5,7-11,14,16-17,22,27,30H,6,12-13,15H2. The molecule has 3 heterocycles. The van der Waals surface area contributed by atoms with E-state index in [-0.39, 0.29) is 17.7 Å². The molecule has 156 valence electrons. The fourth-order valence-corrected chi connectivity index (χ4v) is 4.46. The molecule has 2 N–H and O–H groups in total. The van der Waals surface area contributed by atoms with E-state index in [2.05, 4.69) is 22.1 Å². The Morgan fingerprint density at radius 2 is 1.84 bits per heavy atom. The number of hydrogen-bond acceptors (Lipinski definition) is 3. The van der Waals surface area contributed by atoms with Gasteiger partial charge in [-0.3, -0.25) is 4.79 Å². The number of H-pyrrole nitrogens is 1. The minimum atomic E-state index is -0.299. The predicted octanol–water partition coefficient (Wildman–Crippen LogP) is 4.18. The highest BCUT2D eigenvalue weighted by atomic mass is 16.3. The van der Waals surface area contributed by atoms with Crippen molar-refractivity contribution in [3.63, 3.8) is 0 Å². The zero-order valence-corrected chi connectivity index (χ0v) is 17.1. The molecule has 6 heteroatoms. The first-order valence-corrected chi connectivity index (χ1v) is 10.5. The molecule has 31 heavy (non-hydrogen) atoms. The molecule has 0 spiro atoms. The quantitative estimate of drug-likeness (QED) is 0.478. The Morgan fingerprint density at radius 3 is 2.65 bits per heavy atom. The average Bonchev–Trinajstić information content (AvgIpc) is 3.51. The van der Waals surface area contributed by atoms with Gasteiger partial charge < -0.3 is 19.6 Å². The van der Waals surface area contributed by atoms with Crippen molar-refractivity contribution in [1.29, 1.82) is 0 Å². The van der Waals surface area contributed by atoms with Crippen molar-refractivity contribution in [3.05, 3.63) is 96.4 Å². The third-order valence-electron chi connectivity index (χ3n) is 5.95. The maximum Gasteiger partial charge on any atom is 0.289 e. The number of nitrogens with zero attached hydrogens (tertiary/aromatic N) is 3. The van der Waals surface area contributed by atoms with Crippen LogP contribution in [0.4, 0.5) is 0 Å². The fraction of sp³-hybridized carbons (Fsp3) is 0.200. The minimum absolute atomic E-state index is 0.145. The monoisotopic (exact) mass is 412 g/mol. The number of nitrogens with one attached hydrogen (secondary N) is 1. The molecule has 0 saturated carbocycles. The second-order valence-corrected chi connectivity index (χ2v) is 7.87. The Morgan fingerprint density at radius 1 is 1.03 bits per heavy atom. The van der Waals surface area contributed by atoms with E-state index in [1.807, 2.05) is 64.3 Å². The van der Waals surface area contributed by atoms with Crippen LogP contribution in [0.15, 0.2) is 85.3 Å². The third kappa shape index (κ3) is 3.61. The lowest BCUT2D eigenvalue weighted by molar-refractivity contribution is -0.129. The summed E-state index contributed by atoms with van der Waals surface area (Å²) in [5, 5.41) is 12.0. The lowest BCUT2D eigenvalue weighted by Crippen LogP contribution is -2.38. The molecule has 0 radical (unpaired) electrons. The molecule has 0 aliphatic carbocycles. The van der Waals surface area contributed by atoms with Gasteiger partial charge in [0.25, 0.3) is 5.91 Å². The van der Waals surface area contributed by atoms with Crippen LogP contribution in [-0.2, 0) is 17.8 Å². The summed E-state index contributed by atoms with van der Waals surface area (Å²) in [5.74, 6) is -0.444. The van der Waals surface area contributed by atoms with E-state index in [0.29, 0.717) is 18.5 Å². The van der Waals surface area contributed by atoms with Crippen molar-refractivity contribution in [1.82, 2.24) is 19.4 Å². The normalized spacial score (nSPS) is 16.6. The molecule has 1 aliphatic heterocycles. The number of aliphatic hydroxyl groups is 1. The molecule has 0 bridgehead atoms. The minimum Gasteiger partial charge on any atom is -0.503 e. The molecule has 1 unspecified atom stereocenters. The highest BCUT2D eigenvalue weighted by Gasteiger charge is 2.40. The van der Waals surface area contributed by atoms with Gasteiger partial charge in [0.2, 0.25) is 0 Å². The summed E-state index contributed by atoms with van der Waals surface area (Å²) in [6.45, 7) is 1.33. The van der Waals surface area contributed by atoms with Gasteiger partial charge >= 0.3 is 0 Å². The van der Waals surface area contributed by atoms with Gasteiger partial charge in [-0.15, -0.1) is 0 Å².